The molecule has 0 fully saturated rings. The van der Waals surface area contributed by atoms with Crippen LogP contribution in [0.25, 0.3) is 115 Å². The van der Waals surface area contributed by atoms with Gasteiger partial charge in [-0.05, 0) is 122 Å². The van der Waals surface area contributed by atoms with Gasteiger partial charge in [0, 0.05) is 49.4 Å². The van der Waals surface area contributed by atoms with Gasteiger partial charge in [-0.3, -0.25) is 0 Å². The van der Waals surface area contributed by atoms with Crippen molar-refractivity contribution < 1.29 is 4.42 Å². The van der Waals surface area contributed by atoms with E-state index in [0.29, 0.717) is 0 Å². The van der Waals surface area contributed by atoms with Crippen LogP contribution in [-0.4, -0.2) is 4.57 Å². The molecular formula is C66H42N2O. The summed E-state index contributed by atoms with van der Waals surface area (Å²) in [6.45, 7) is 0. The highest BCUT2D eigenvalue weighted by atomic mass is 16.3. The average Bonchev–Trinajstić information content (AvgIpc) is 3.97. The van der Waals surface area contributed by atoms with Crippen molar-refractivity contribution in [3.63, 3.8) is 0 Å². The fourth-order valence-corrected chi connectivity index (χ4v) is 10.9. The molecule has 0 atom stereocenters. The van der Waals surface area contributed by atoms with E-state index in [1.54, 1.807) is 0 Å². The lowest BCUT2D eigenvalue weighted by molar-refractivity contribution is 0.673. The number of rotatable bonds is 7. The molecule has 0 aliphatic rings. The average molecular weight is 879 g/mol. The van der Waals surface area contributed by atoms with E-state index in [0.717, 1.165) is 72.3 Å². The summed E-state index contributed by atoms with van der Waals surface area (Å²) < 4.78 is 9.02. The number of anilines is 3. The number of aromatic nitrogens is 1. The van der Waals surface area contributed by atoms with Gasteiger partial charge in [-0.15, -0.1) is 0 Å². The first-order valence-electron chi connectivity index (χ1n) is 23.7. The van der Waals surface area contributed by atoms with E-state index in [4.69, 9.17) is 4.42 Å². The van der Waals surface area contributed by atoms with Gasteiger partial charge in [0.1, 0.15) is 11.2 Å². The summed E-state index contributed by atoms with van der Waals surface area (Å²) in [4.78, 5) is 2.40. The number of para-hydroxylation sites is 4. The van der Waals surface area contributed by atoms with Crippen LogP contribution < -0.4 is 4.90 Å². The molecule has 3 nitrogen and oxygen atoms in total. The van der Waals surface area contributed by atoms with Crippen molar-refractivity contribution in [1.82, 2.24) is 4.57 Å². The Hall–Kier alpha value is -9.18. The molecule has 0 aliphatic heterocycles. The molecule has 322 valence electrons. The lowest BCUT2D eigenvalue weighted by Crippen LogP contribution is -2.11. The van der Waals surface area contributed by atoms with Crippen molar-refractivity contribution in [3.8, 4) is 39.1 Å². The molecule has 0 saturated heterocycles. The van der Waals surface area contributed by atoms with Crippen LogP contribution in [0, 0.1) is 0 Å². The molecule has 0 bridgehead atoms. The molecule has 2 aromatic heterocycles. The Labute approximate surface area is 399 Å². The molecule has 0 saturated carbocycles. The number of hydrogen-bond donors (Lipinski definition) is 0. The largest absolute Gasteiger partial charge is 0.455 e. The predicted molar refractivity (Wildman–Crippen MR) is 292 cm³/mol. The zero-order valence-electron chi connectivity index (χ0n) is 37.6. The van der Waals surface area contributed by atoms with E-state index in [2.05, 4.69) is 264 Å². The first kappa shape index (κ1) is 39.0. The quantitative estimate of drug-likeness (QED) is 0.149. The summed E-state index contributed by atoms with van der Waals surface area (Å²) in [6, 6.07) is 92.5. The Balaban J connectivity index is 0.892. The molecule has 0 radical (unpaired) electrons. The molecule has 12 aromatic carbocycles. The van der Waals surface area contributed by atoms with Gasteiger partial charge in [0.05, 0.1) is 22.4 Å². The second-order valence-electron chi connectivity index (χ2n) is 18.0. The minimum atomic E-state index is 0.890. The van der Waals surface area contributed by atoms with Gasteiger partial charge >= 0.3 is 0 Å². The van der Waals surface area contributed by atoms with Gasteiger partial charge in [0.25, 0.3) is 0 Å². The minimum absolute atomic E-state index is 0.890. The highest BCUT2D eigenvalue weighted by Crippen LogP contribution is 2.44. The van der Waals surface area contributed by atoms with Gasteiger partial charge in [0.2, 0.25) is 0 Å². The fraction of sp³-hybridized carbons (Fsp3) is 0. The number of nitrogens with zero attached hydrogens (tertiary/aromatic N) is 2. The summed E-state index contributed by atoms with van der Waals surface area (Å²) in [5.41, 5.74) is 15.5. The molecule has 3 heteroatoms. The minimum Gasteiger partial charge on any atom is -0.455 e. The van der Waals surface area contributed by atoms with Gasteiger partial charge in [-0.1, -0.05) is 182 Å². The van der Waals surface area contributed by atoms with Crippen LogP contribution in [0.4, 0.5) is 17.1 Å². The van der Waals surface area contributed by atoms with Crippen LogP contribution in [0.5, 0.6) is 0 Å². The van der Waals surface area contributed by atoms with E-state index in [1.165, 1.54) is 59.9 Å². The van der Waals surface area contributed by atoms with Gasteiger partial charge in [-0.2, -0.15) is 0 Å². The van der Waals surface area contributed by atoms with Crippen molar-refractivity contribution in [2.45, 2.75) is 0 Å². The first-order valence-corrected chi connectivity index (χ1v) is 23.7. The maximum Gasteiger partial charge on any atom is 0.143 e. The smallest absolute Gasteiger partial charge is 0.143 e. The summed E-state index contributed by atoms with van der Waals surface area (Å²) in [5.74, 6) is 0. The molecule has 69 heavy (non-hydrogen) atoms. The maximum atomic E-state index is 6.61. The maximum absolute atomic E-state index is 6.61. The molecule has 0 N–H and O–H groups in total. The molecular weight excluding hydrogens is 837 g/mol. The van der Waals surface area contributed by atoms with Crippen LogP contribution in [0.3, 0.4) is 0 Å². The SMILES string of the molecule is c1ccc(N(c2ccc(-c3ccc4c(c3)oc3c5ccccc5ccc43)cc2)c2ccc(-c3ccccc3-n3c4ccccc4c4ccccc43)cc2)c(-c2ccc3c(ccc4ccccc43)c2)c1. The van der Waals surface area contributed by atoms with Crippen molar-refractivity contribution in [2.24, 2.45) is 0 Å². The summed E-state index contributed by atoms with van der Waals surface area (Å²) in [7, 11) is 0. The third-order valence-electron chi connectivity index (χ3n) is 14.2. The molecule has 0 aliphatic carbocycles. The van der Waals surface area contributed by atoms with Crippen molar-refractivity contribution in [3.05, 3.63) is 255 Å². The van der Waals surface area contributed by atoms with Crippen molar-refractivity contribution >= 4 is 93.1 Å². The van der Waals surface area contributed by atoms with E-state index >= 15 is 0 Å². The van der Waals surface area contributed by atoms with Crippen LogP contribution in [-0.2, 0) is 0 Å². The van der Waals surface area contributed by atoms with Crippen molar-refractivity contribution in [1.29, 1.82) is 0 Å². The fourth-order valence-electron chi connectivity index (χ4n) is 10.9. The summed E-state index contributed by atoms with van der Waals surface area (Å²) >= 11 is 0. The zero-order chi connectivity index (χ0) is 45.4. The summed E-state index contributed by atoms with van der Waals surface area (Å²) in [6.07, 6.45) is 0. The standard InChI is InChI=1S/C66H42N2O/c1-3-15-52-44(13-1)25-26-48-41-49(33-38-53(48)52)55-17-6-9-21-61(55)67(50-34-27-43(28-35-50)47-32-39-59-60-40-31-45-14-2-4-18-56(45)66(60)69-65(59)42-47)51-36-29-46(30-37-51)54-16-5-10-22-62(54)68-63-23-11-7-19-57(63)58-20-8-12-24-64(58)68/h1-42H. The Bertz CT molecular complexity index is 4260. The second kappa shape index (κ2) is 15.7. The number of fused-ring (bicyclic) bond motifs is 11. The molecule has 0 amide bonds. The lowest BCUT2D eigenvalue weighted by Gasteiger charge is -2.28. The van der Waals surface area contributed by atoms with Crippen LogP contribution in [0.15, 0.2) is 259 Å². The Morgan fingerprint density at radius 1 is 0.304 bits per heavy atom. The number of hydrogen-bond acceptors (Lipinski definition) is 2. The topological polar surface area (TPSA) is 21.3 Å². The highest BCUT2D eigenvalue weighted by molar-refractivity contribution is 6.16. The van der Waals surface area contributed by atoms with E-state index < -0.39 is 0 Å². The van der Waals surface area contributed by atoms with Crippen molar-refractivity contribution in [2.75, 3.05) is 4.90 Å². The predicted octanol–water partition coefficient (Wildman–Crippen LogP) is 18.6. The second-order valence-corrected chi connectivity index (χ2v) is 18.0. The Morgan fingerprint density at radius 2 is 0.812 bits per heavy atom. The van der Waals surface area contributed by atoms with E-state index in [1.807, 2.05) is 0 Å². The molecule has 2 heterocycles. The third-order valence-corrected chi connectivity index (χ3v) is 14.2. The lowest BCUT2D eigenvalue weighted by atomic mass is 9.96. The molecule has 14 aromatic rings. The third kappa shape index (κ3) is 6.36. The normalized spacial score (nSPS) is 11.8. The van der Waals surface area contributed by atoms with Gasteiger partial charge < -0.3 is 13.9 Å². The Kier molecular flexibility index (Phi) is 8.90. The highest BCUT2D eigenvalue weighted by Gasteiger charge is 2.20. The van der Waals surface area contributed by atoms with Gasteiger partial charge in [-0.25, -0.2) is 0 Å². The Morgan fingerprint density at radius 3 is 1.57 bits per heavy atom. The number of benzene rings is 12. The number of furan rings is 1. The van der Waals surface area contributed by atoms with Crippen LogP contribution in [0.2, 0.25) is 0 Å². The summed E-state index contributed by atoms with van der Waals surface area (Å²) in [5, 5.41) is 12.1. The first-order chi connectivity index (χ1) is 34.2. The van der Waals surface area contributed by atoms with Crippen LogP contribution in [0.1, 0.15) is 0 Å². The molecule has 14 rings (SSSR count). The molecule has 0 unspecified atom stereocenters. The van der Waals surface area contributed by atoms with Crippen LogP contribution >= 0.6 is 0 Å². The monoisotopic (exact) mass is 878 g/mol. The van der Waals surface area contributed by atoms with E-state index in [9.17, 15) is 0 Å². The van der Waals surface area contributed by atoms with Gasteiger partial charge in [0.15, 0.2) is 0 Å². The molecule has 0 spiro atoms. The van der Waals surface area contributed by atoms with E-state index in [-0.39, 0.29) is 0 Å². The zero-order valence-corrected chi connectivity index (χ0v) is 37.6.